The maximum atomic E-state index is 6.27. The lowest BCUT2D eigenvalue weighted by atomic mass is 9.92. The minimum Gasteiger partial charge on any atom is -0.324 e. The summed E-state index contributed by atoms with van der Waals surface area (Å²) in [7, 11) is 0. The summed E-state index contributed by atoms with van der Waals surface area (Å²) in [6.45, 7) is 4.49. The predicted octanol–water partition coefficient (Wildman–Crippen LogP) is 4.44. The SMILES string of the molecule is CC(C)c1ccccc1CC[C@@H](N)c1ccccc1. The van der Waals surface area contributed by atoms with Crippen LogP contribution < -0.4 is 5.73 Å². The molecule has 0 bridgehead atoms. The summed E-state index contributed by atoms with van der Waals surface area (Å²) in [5.41, 5.74) is 10.4. The van der Waals surface area contributed by atoms with E-state index in [1.807, 2.05) is 6.07 Å². The van der Waals surface area contributed by atoms with Crippen LogP contribution in [0.1, 0.15) is 48.9 Å². The molecule has 0 heterocycles. The Morgan fingerprint density at radius 2 is 1.53 bits per heavy atom. The Hall–Kier alpha value is -1.60. The van der Waals surface area contributed by atoms with Crippen LogP contribution in [-0.2, 0) is 6.42 Å². The van der Waals surface area contributed by atoms with E-state index in [1.165, 1.54) is 16.7 Å². The molecule has 0 fully saturated rings. The van der Waals surface area contributed by atoms with Gasteiger partial charge in [-0.2, -0.15) is 0 Å². The lowest BCUT2D eigenvalue weighted by Crippen LogP contribution is -2.11. The third kappa shape index (κ3) is 3.68. The molecule has 1 heteroatoms. The number of nitrogens with two attached hydrogens (primary N) is 1. The predicted molar refractivity (Wildman–Crippen MR) is 82.2 cm³/mol. The summed E-state index contributed by atoms with van der Waals surface area (Å²) in [6, 6.07) is 19.2. The summed E-state index contributed by atoms with van der Waals surface area (Å²) in [5, 5.41) is 0. The molecule has 2 rings (SSSR count). The normalized spacial score (nSPS) is 12.6. The van der Waals surface area contributed by atoms with Crippen LogP contribution in [0, 0.1) is 0 Å². The quantitative estimate of drug-likeness (QED) is 0.837. The molecule has 0 radical (unpaired) electrons. The minimum absolute atomic E-state index is 0.126. The van der Waals surface area contributed by atoms with Crippen molar-refractivity contribution in [3.05, 3.63) is 71.3 Å². The van der Waals surface area contributed by atoms with Crippen LogP contribution >= 0.6 is 0 Å². The first-order valence-electron chi connectivity index (χ1n) is 7.07. The Morgan fingerprint density at radius 3 is 2.21 bits per heavy atom. The van der Waals surface area contributed by atoms with Gasteiger partial charge in [0.1, 0.15) is 0 Å². The van der Waals surface area contributed by atoms with E-state index in [1.54, 1.807) is 0 Å². The molecule has 0 aliphatic heterocycles. The first-order chi connectivity index (χ1) is 9.18. The van der Waals surface area contributed by atoms with Gasteiger partial charge in [0.15, 0.2) is 0 Å². The first kappa shape index (κ1) is 13.8. The van der Waals surface area contributed by atoms with Gasteiger partial charge in [0.2, 0.25) is 0 Å². The smallest absolute Gasteiger partial charge is 0.0298 e. The number of aryl methyl sites for hydroxylation is 1. The molecule has 0 aliphatic carbocycles. The second-order valence-corrected chi connectivity index (χ2v) is 5.41. The minimum atomic E-state index is 0.126. The van der Waals surface area contributed by atoms with Crippen LogP contribution in [0.15, 0.2) is 54.6 Å². The standard InChI is InChI=1S/C18H23N/c1-14(2)17-11-7-6-8-15(17)12-13-18(19)16-9-4-3-5-10-16/h3-11,14,18H,12-13,19H2,1-2H3/t18-/m1/s1. The lowest BCUT2D eigenvalue weighted by Gasteiger charge is -2.15. The highest BCUT2D eigenvalue weighted by Crippen LogP contribution is 2.23. The zero-order valence-corrected chi connectivity index (χ0v) is 11.8. The summed E-state index contributed by atoms with van der Waals surface area (Å²) in [6.07, 6.45) is 2.04. The van der Waals surface area contributed by atoms with E-state index in [2.05, 4.69) is 62.4 Å². The Labute approximate surface area is 116 Å². The highest BCUT2D eigenvalue weighted by molar-refractivity contribution is 5.30. The first-order valence-corrected chi connectivity index (χ1v) is 7.07. The van der Waals surface area contributed by atoms with Crippen molar-refractivity contribution in [2.45, 2.75) is 38.6 Å². The monoisotopic (exact) mass is 253 g/mol. The molecular formula is C18H23N. The number of rotatable bonds is 5. The molecular weight excluding hydrogens is 230 g/mol. The third-order valence-electron chi connectivity index (χ3n) is 3.63. The van der Waals surface area contributed by atoms with Crippen LogP contribution in [0.2, 0.25) is 0 Å². The molecule has 0 saturated heterocycles. The van der Waals surface area contributed by atoms with E-state index in [0.717, 1.165) is 12.8 Å². The van der Waals surface area contributed by atoms with Gasteiger partial charge in [0.25, 0.3) is 0 Å². The molecule has 2 aromatic rings. The van der Waals surface area contributed by atoms with Gasteiger partial charge in [-0.05, 0) is 35.4 Å². The van der Waals surface area contributed by atoms with Crippen LogP contribution in [-0.4, -0.2) is 0 Å². The Kier molecular flexibility index (Phi) is 4.75. The van der Waals surface area contributed by atoms with E-state index in [-0.39, 0.29) is 6.04 Å². The van der Waals surface area contributed by atoms with Gasteiger partial charge < -0.3 is 5.73 Å². The van der Waals surface area contributed by atoms with Gasteiger partial charge >= 0.3 is 0 Å². The van der Waals surface area contributed by atoms with E-state index in [0.29, 0.717) is 5.92 Å². The fourth-order valence-electron chi connectivity index (χ4n) is 2.50. The van der Waals surface area contributed by atoms with Crippen LogP contribution in [0.4, 0.5) is 0 Å². The van der Waals surface area contributed by atoms with E-state index in [4.69, 9.17) is 5.73 Å². The largest absolute Gasteiger partial charge is 0.324 e. The highest BCUT2D eigenvalue weighted by atomic mass is 14.6. The number of hydrogen-bond acceptors (Lipinski definition) is 1. The van der Waals surface area contributed by atoms with Gasteiger partial charge in [-0.1, -0.05) is 68.4 Å². The van der Waals surface area contributed by atoms with E-state index >= 15 is 0 Å². The molecule has 19 heavy (non-hydrogen) atoms. The summed E-state index contributed by atoms with van der Waals surface area (Å²) >= 11 is 0. The van der Waals surface area contributed by atoms with Gasteiger partial charge in [-0.3, -0.25) is 0 Å². The van der Waals surface area contributed by atoms with Gasteiger partial charge in [-0.15, -0.1) is 0 Å². The van der Waals surface area contributed by atoms with Crippen molar-refractivity contribution >= 4 is 0 Å². The van der Waals surface area contributed by atoms with Crippen LogP contribution in [0.25, 0.3) is 0 Å². The zero-order valence-electron chi connectivity index (χ0n) is 11.8. The Balaban J connectivity index is 2.03. The highest BCUT2D eigenvalue weighted by Gasteiger charge is 2.09. The van der Waals surface area contributed by atoms with Crippen molar-refractivity contribution in [3.8, 4) is 0 Å². The van der Waals surface area contributed by atoms with Gasteiger partial charge in [-0.25, -0.2) is 0 Å². The maximum Gasteiger partial charge on any atom is 0.0298 e. The Bertz CT molecular complexity index is 502. The molecule has 2 aromatic carbocycles. The summed E-state index contributed by atoms with van der Waals surface area (Å²) in [5.74, 6) is 0.573. The fraction of sp³-hybridized carbons (Fsp3) is 0.333. The summed E-state index contributed by atoms with van der Waals surface area (Å²) in [4.78, 5) is 0. The molecule has 0 amide bonds. The second-order valence-electron chi connectivity index (χ2n) is 5.41. The second kappa shape index (κ2) is 6.53. The fourth-order valence-corrected chi connectivity index (χ4v) is 2.50. The average Bonchev–Trinajstić information content (AvgIpc) is 2.46. The van der Waals surface area contributed by atoms with Gasteiger partial charge in [0, 0.05) is 6.04 Å². The summed E-state index contributed by atoms with van der Waals surface area (Å²) < 4.78 is 0. The van der Waals surface area contributed by atoms with Crippen molar-refractivity contribution in [2.24, 2.45) is 5.73 Å². The lowest BCUT2D eigenvalue weighted by molar-refractivity contribution is 0.646. The number of benzene rings is 2. The van der Waals surface area contributed by atoms with E-state index < -0.39 is 0 Å². The van der Waals surface area contributed by atoms with Crippen LogP contribution in [0.3, 0.4) is 0 Å². The third-order valence-corrected chi connectivity index (χ3v) is 3.63. The topological polar surface area (TPSA) is 26.0 Å². The van der Waals surface area contributed by atoms with E-state index in [9.17, 15) is 0 Å². The van der Waals surface area contributed by atoms with Crippen LogP contribution in [0.5, 0.6) is 0 Å². The molecule has 100 valence electrons. The molecule has 0 aliphatic rings. The van der Waals surface area contributed by atoms with Crippen molar-refractivity contribution < 1.29 is 0 Å². The van der Waals surface area contributed by atoms with Crippen molar-refractivity contribution in [3.63, 3.8) is 0 Å². The van der Waals surface area contributed by atoms with Gasteiger partial charge in [0.05, 0.1) is 0 Å². The molecule has 1 atom stereocenters. The van der Waals surface area contributed by atoms with Crippen molar-refractivity contribution in [1.29, 1.82) is 0 Å². The molecule has 1 nitrogen and oxygen atoms in total. The number of hydrogen-bond donors (Lipinski definition) is 1. The molecule has 0 spiro atoms. The zero-order chi connectivity index (χ0) is 13.7. The average molecular weight is 253 g/mol. The van der Waals surface area contributed by atoms with Crippen molar-refractivity contribution in [1.82, 2.24) is 0 Å². The molecule has 0 unspecified atom stereocenters. The molecule has 0 aromatic heterocycles. The molecule has 2 N–H and O–H groups in total. The van der Waals surface area contributed by atoms with Crippen molar-refractivity contribution in [2.75, 3.05) is 0 Å². The molecule has 0 saturated carbocycles. The Morgan fingerprint density at radius 1 is 0.895 bits per heavy atom. The maximum absolute atomic E-state index is 6.27.